The first-order chi connectivity index (χ1) is 30.8. The van der Waals surface area contributed by atoms with Crippen LogP contribution in [0.2, 0.25) is 0 Å². The summed E-state index contributed by atoms with van der Waals surface area (Å²) in [6.45, 7) is 3.59. The number of allylic oxidation sites excluding steroid dienone is 4. The number of nitrogens with one attached hydrogen (secondary N) is 1. The fourth-order valence-corrected chi connectivity index (χ4v) is 8.58. The van der Waals surface area contributed by atoms with E-state index in [0.717, 1.165) is 44.9 Å². The van der Waals surface area contributed by atoms with Gasteiger partial charge < -0.3 is 20.1 Å². The van der Waals surface area contributed by atoms with Crippen LogP contribution in [0.15, 0.2) is 24.3 Å². The quantitative estimate of drug-likeness (QED) is 0.0238. The van der Waals surface area contributed by atoms with Crippen molar-refractivity contribution in [3.8, 4) is 0 Å². The molecule has 2 atom stereocenters. The molecule has 0 radical (unpaired) electrons. The molecule has 0 rings (SSSR count). The topological polar surface area (TPSA) is 131 Å². The number of aliphatic hydroxyl groups excluding tert-OH is 1. The van der Waals surface area contributed by atoms with Gasteiger partial charge in [-0.25, -0.2) is 4.57 Å². The average molecular weight is 912 g/mol. The Balaban J connectivity index is 3.51. The predicted octanol–water partition coefficient (Wildman–Crippen LogP) is 15.9. The summed E-state index contributed by atoms with van der Waals surface area (Å²) in [6, 6.07) is 0. The number of phosphoric acid groups is 1. The van der Waals surface area contributed by atoms with Crippen LogP contribution in [0, 0.1) is 0 Å². The number of aliphatic hydroxyl groups is 1. The summed E-state index contributed by atoms with van der Waals surface area (Å²) in [5.74, 6) is -0.504. The van der Waals surface area contributed by atoms with Crippen molar-refractivity contribution in [2.75, 3.05) is 26.4 Å². The number of carbonyl (C=O) groups is 2. The van der Waals surface area contributed by atoms with Gasteiger partial charge in [-0.1, -0.05) is 237 Å². The average Bonchev–Trinajstić information content (AvgIpc) is 3.27. The van der Waals surface area contributed by atoms with Crippen LogP contribution in [0.5, 0.6) is 0 Å². The van der Waals surface area contributed by atoms with Gasteiger partial charge in [-0.2, -0.15) is 0 Å². The lowest BCUT2D eigenvalue weighted by molar-refractivity contribution is -0.147. The summed E-state index contributed by atoms with van der Waals surface area (Å²) in [7, 11) is -4.42. The molecule has 0 aliphatic rings. The van der Waals surface area contributed by atoms with E-state index < -0.39 is 26.5 Å². The SMILES string of the molecule is CCCCC/C=C\C/C=C\CCCCCCCCCCCCCCCC(=O)OCC(O)COP(=O)(O)OCCNC(=O)CCCCCCCCCCCCCCCCCCCCC. The maximum absolute atomic E-state index is 12.2. The fraction of sp³-hybridized carbons (Fsp3) is 0.887. The van der Waals surface area contributed by atoms with Crippen LogP contribution in [-0.2, 0) is 27.9 Å². The Bertz CT molecular complexity index is 1090. The maximum atomic E-state index is 12.2. The summed E-state index contributed by atoms with van der Waals surface area (Å²) in [4.78, 5) is 34.1. The third-order valence-electron chi connectivity index (χ3n) is 11.9. The van der Waals surface area contributed by atoms with Crippen LogP contribution in [-0.4, -0.2) is 54.3 Å². The minimum Gasteiger partial charge on any atom is -0.463 e. The number of carbonyl (C=O) groups excluding carboxylic acids is 2. The molecule has 0 aromatic carbocycles. The molecule has 1 amide bonds. The number of amides is 1. The first-order valence-corrected chi connectivity index (χ1v) is 28.3. The normalized spacial score (nSPS) is 13.3. The van der Waals surface area contributed by atoms with Crippen molar-refractivity contribution in [1.82, 2.24) is 5.32 Å². The highest BCUT2D eigenvalue weighted by Gasteiger charge is 2.23. The number of phosphoric ester groups is 1. The van der Waals surface area contributed by atoms with Crippen LogP contribution in [0.1, 0.15) is 271 Å². The lowest BCUT2D eigenvalue weighted by Crippen LogP contribution is -2.27. The fourth-order valence-electron chi connectivity index (χ4n) is 7.83. The van der Waals surface area contributed by atoms with Crippen LogP contribution >= 0.6 is 7.82 Å². The van der Waals surface area contributed by atoms with Gasteiger partial charge in [0.15, 0.2) is 0 Å². The molecule has 0 saturated heterocycles. The van der Waals surface area contributed by atoms with Crippen molar-refractivity contribution in [3.63, 3.8) is 0 Å². The molecule has 0 heterocycles. The van der Waals surface area contributed by atoms with Gasteiger partial charge >= 0.3 is 13.8 Å². The van der Waals surface area contributed by atoms with Gasteiger partial charge in [0, 0.05) is 19.4 Å². The monoisotopic (exact) mass is 912 g/mol. The minimum atomic E-state index is -4.42. The minimum absolute atomic E-state index is 0.0863. The molecule has 63 heavy (non-hydrogen) atoms. The molecule has 0 spiro atoms. The second kappa shape index (κ2) is 49.9. The summed E-state index contributed by atoms with van der Waals surface area (Å²) in [6.07, 6.45) is 56.9. The van der Waals surface area contributed by atoms with Crippen molar-refractivity contribution >= 4 is 19.7 Å². The molecular formula is C53H102NO8P. The summed E-state index contributed by atoms with van der Waals surface area (Å²) >= 11 is 0. The van der Waals surface area contributed by atoms with Crippen LogP contribution in [0.4, 0.5) is 0 Å². The molecular weight excluding hydrogens is 810 g/mol. The lowest BCUT2D eigenvalue weighted by atomic mass is 10.0. The van der Waals surface area contributed by atoms with Crippen LogP contribution < -0.4 is 5.32 Å². The van der Waals surface area contributed by atoms with Gasteiger partial charge in [-0.05, 0) is 44.9 Å². The molecule has 0 saturated carbocycles. The molecule has 0 aliphatic heterocycles. The number of hydrogen-bond donors (Lipinski definition) is 3. The summed E-state index contributed by atoms with van der Waals surface area (Å²) in [5.41, 5.74) is 0. The second-order valence-electron chi connectivity index (χ2n) is 18.2. The first kappa shape index (κ1) is 61.5. The van der Waals surface area contributed by atoms with Crippen LogP contribution in [0.3, 0.4) is 0 Å². The lowest BCUT2D eigenvalue weighted by Gasteiger charge is -2.15. The second-order valence-corrected chi connectivity index (χ2v) is 19.7. The maximum Gasteiger partial charge on any atom is 0.472 e. The Kier molecular flexibility index (Phi) is 48.7. The number of rotatable bonds is 51. The number of unbranched alkanes of at least 4 members (excludes halogenated alkanes) is 34. The first-order valence-electron chi connectivity index (χ1n) is 26.8. The van der Waals surface area contributed by atoms with Crippen molar-refractivity contribution in [2.24, 2.45) is 0 Å². The highest BCUT2D eigenvalue weighted by molar-refractivity contribution is 7.47. The van der Waals surface area contributed by atoms with E-state index in [1.54, 1.807) is 0 Å². The molecule has 0 bridgehead atoms. The largest absolute Gasteiger partial charge is 0.472 e. The van der Waals surface area contributed by atoms with E-state index in [2.05, 4.69) is 43.5 Å². The molecule has 0 aliphatic carbocycles. The third-order valence-corrected chi connectivity index (χ3v) is 12.9. The zero-order valence-corrected chi connectivity index (χ0v) is 42.2. The van der Waals surface area contributed by atoms with Gasteiger partial charge in [-0.3, -0.25) is 18.6 Å². The Morgan fingerprint density at radius 2 is 0.857 bits per heavy atom. The highest BCUT2D eigenvalue weighted by atomic mass is 31.2. The third kappa shape index (κ3) is 51.3. The summed E-state index contributed by atoms with van der Waals surface area (Å²) < 4.78 is 27.0. The van der Waals surface area contributed by atoms with Crippen molar-refractivity contribution < 1.29 is 37.9 Å². The zero-order chi connectivity index (χ0) is 46.0. The van der Waals surface area contributed by atoms with E-state index in [-0.39, 0.29) is 32.1 Å². The zero-order valence-electron chi connectivity index (χ0n) is 41.3. The Labute approximate surface area is 389 Å². The van der Waals surface area contributed by atoms with E-state index in [4.69, 9.17) is 13.8 Å². The molecule has 2 unspecified atom stereocenters. The van der Waals surface area contributed by atoms with Gasteiger partial charge in [-0.15, -0.1) is 0 Å². The van der Waals surface area contributed by atoms with Gasteiger partial charge in [0.1, 0.15) is 12.7 Å². The van der Waals surface area contributed by atoms with Crippen molar-refractivity contribution in [1.29, 1.82) is 0 Å². The van der Waals surface area contributed by atoms with Gasteiger partial charge in [0.25, 0.3) is 0 Å². The van der Waals surface area contributed by atoms with Gasteiger partial charge in [0.05, 0.1) is 13.2 Å². The standard InChI is InChI=1S/C53H102NO8P/c1-3-5-7-9-11-13-15-17-19-21-23-24-25-26-28-30-32-34-36-38-40-42-44-46-53(57)60-49-51(55)50-62-63(58,59)61-48-47-54-52(56)45-43-41-39-37-35-33-31-29-27-22-20-18-16-14-12-10-8-6-4-2/h11,13,17,19,51,55H,3-10,12,14-16,18,20-50H2,1-2H3,(H,54,56)(H,58,59)/b13-11-,19-17-. The highest BCUT2D eigenvalue weighted by Crippen LogP contribution is 2.42. The Hall–Kier alpha value is -1.51. The van der Waals surface area contributed by atoms with Crippen LogP contribution in [0.25, 0.3) is 0 Å². The van der Waals surface area contributed by atoms with Crippen molar-refractivity contribution in [2.45, 2.75) is 277 Å². The predicted molar refractivity (Wildman–Crippen MR) is 266 cm³/mol. The molecule has 372 valence electrons. The number of esters is 1. The Morgan fingerprint density at radius 1 is 0.492 bits per heavy atom. The molecule has 10 heteroatoms. The molecule has 3 N–H and O–H groups in total. The molecule has 0 aromatic heterocycles. The van der Waals surface area contributed by atoms with E-state index in [1.165, 1.54) is 199 Å². The van der Waals surface area contributed by atoms with E-state index in [1.807, 2.05) is 0 Å². The van der Waals surface area contributed by atoms with E-state index >= 15 is 0 Å². The van der Waals surface area contributed by atoms with Gasteiger partial charge in [0.2, 0.25) is 5.91 Å². The molecule has 9 nitrogen and oxygen atoms in total. The summed E-state index contributed by atoms with van der Waals surface area (Å²) in [5, 5.41) is 12.8. The Morgan fingerprint density at radius 3 is 1.30 bits per heavy atom. The molecule has 0 aromatic rings. The smallest absolute Gasteiger partial charge is 0.463 e. The number of ether oxygens (including phenoxy) is 1. The van der Waals surface area contributed by atoms with Crippen molar-refractivity contribution in [3.05, 3.63) is 24.3 Å². The van der Waals surface area contributed by atoms with E-state index in [9.17, 15) is 24.2 Å². The molecule has 0 fully saturated rings. The van der Waals surface area contributed by atoms with E-state index in [0.29, 0.717) is 6.42 Å². The number of hydrogen-bond acceptors (Lipinski definition) is 7.